The van der Waals surface area contributed by atoms with Crippen molar-refractivity contribution in [3.63, 3.8) is 0 Å². The van der Waals surface area contributed by atoms with E-state index in [0.717, 1.165) is 0 Å². The molecule has 3 atom stereocenters. The minimum atomic E-state index is -1.31. The van der Waals surface area contributed by atoms with E-state index in [-0.39, 0.29) is 6.42 Å². The predicted molar refractivity (Wildman–Crippen MR) is 72.0 cm³/mol. The minimum absolute atomic E-state index is 0.285. The minimum Gasteiger partial charge on any atom is -0.467 e. The molecule has 1 N–H and O–H groups in total. The van der Waals surface area contributed by atoms with Crippen LogP contribution in [0, 0.1) is 6.92 Å². The highest BCUT2D eigenvalue weighted by Crippen LogP contribution is 2.38. The first kappa shape index (κ1) is 15.5. The van der Waals surface area contributed by atoms with E-state index in [0.29, 0.717) is 5.56 Å². The van der Waals surface area contributed by atoms with Gasteiger partial charge in [-0.1, -0.05) is 0 Å². The lowest BCUT2D eigenvalue weighted by molar-refractivity contribution is -0.178. The van der Waals surface area contributed by atoms with Crippen LogP contribution < -0.4 is 11.2 Å². The fraction of sp³-hybridized carbons (Fsp3) is 0.615. The summed E-state index contributed by atoms with van der Waals surface area (Å²) in [6.07, 6.45) is 0.408. The van der Waals surface area contributed by atoms with E-state index >= 15 is 0 Å². The summed E-state index contributed by atoms with van der Waals surface area (Å²) in [4.78, 5) is 37.4. The quantitative estimate of drug-likeness (QED) is 0.770. The van der Waals surface area contributed by atoms with Crippen LogP contribution in [0.5, 0.6) is 0 Å². The van der Waals surface area contributed by atoms with Crippen LogP contribution in [-0.2, 0) is 19.0 Å². The number of ether oxygens (including phenoxy) is 3. The van der Waals surface area contributed by atoms with Crippen LogP contribution in [0.4, 0.5) is 0 Å². The van der Waals surface area contributed by atoms with Crippen molar-refractivity contribution in [3.8, 4) is 0 Å². The molecule has 0 radical (unpaired) electrons. The van der Waals surface area contributed by atoms with Crippen molar-refractivity contribution in [2.45, 2.75) is 38.2 Å². The Bertz CT molecular complexity index is 663. The number of aryl methyl sites for hydroxylation is 1. The fourth-order valence-electron chi connectivity index (χ4n) is 2.49. The van der Waals surface area contributed by atoms with Crippen molar-refractivity contribution < 1.29 is 19.0 Å². The number of hydrogen-bond donors (Lipinski definition) is 1. The third kappa shape index (κ3) is 2.52. The molecule has 8 heteroatoms. The summed E-state index contributed by atoms with van der Waals surface area (Å²) in [6, 6.07) is 0. The Kier molecular flexibility index (Phi) is 4.02. The third-order valence-corrected chi connectivity index (χ3v) is 3.74. The molecule has 0 saturated carbocycles. The fourth-order valence-corrected chi connectivity index (χ4v) is 2.49. The van der Waals surface area contributed by atoms with Gasteiger partial charge in [0.25, 0.3) is 5.56 Å². The molecule has 0 aromatic carbocycles. The predicted octanol–water partition coefficient (Wildman–Crippen LogP) is -0.289. The summed E-state index contributed by atoms with van der Waals surface area (Å²) >= 11 is 0. The molecule has 0 spiro atoms. The standard InChI is InChI=1S/C13H18N2O6/c1-7-6-15(12(18)14-10(7)16)9-5-8(19-3)13(2,21-9)11(17)20-4/h6,8-9H,5H2,1-4H3,(H,14,16,18)/t8-,9-,13+/m1/s1. The summed E-state index contributed by atoms with van der Waals surface area (Å²) < 4.78 is 17.0. The summed E-state index contributed by atoms with van der Waals surface area (Å²) in [5.41, 5.74) is -1.98. The first-order chi connectivity index (χ1) is 9.83. The molecule has 1 aliphatic heterocycles. The van der Waals surface area contributed by atoms with Gasteiger partial charge in [-0.15, -0.1) is 0 Å². The molecule has 8 nitrogen and oxygen atoms in total. The smallest absolute Gasteiger partial charge is 0.340 e. The Balaban J connectivity index is 2.41. The van der Waals surface area contributed by atoms with Crippen molar-refractivity contribution >= 4 is 5.97 Å². The lowest BCUT2D eigenvalue weighted by atomic mass is 9.99. The second kappa shape index (κ2) is 5.45. The lowest BCUT2D eigenvalue weighted by Gasteiger charge is -2.26. The molecule has 1 aromatic heterocycles. The van der Waals surface area contributed by atoms with Crippen LogP contribution in [0.25, 0.3) is 0 Å². The molecule has 21 heavy (non-hydrogen) atoms. The zero-order valence-corrected chi connectivity index (χ0v) is 12.3. The zero-order chi connectivity index (χ0) is 15.8. The van der Waals surface area contributed by atoms with E-state index in [4.69, 9.17) is 14.2 Å². The van der Waals surface area contributed by atoms with Gasteiger partial charge in [0.1, 0.15) is 12.3 Å². The number of carbonyl (C=O) groups excluding carboxylic acids is 1. The molecular formula is C13H18N2O6. The van der Waals surface area contributed by atoms with E-state index in [1.807, 2.05) is 0 Å². The second-order valence-electron chi connectivity index (χ2n) is 5.11. The van der Waals surface area contributed by atoms with E-state index in [1.165, 1.54) is 25.0 Å². The molecule has 2 rings (SSSR count). The highest BCUT2D eigenvalue weighted by Gasteiger charge is 2.53. The highest BCUT2D eigenvalue weighted by molar-refractivity contribution is 5.80. The Morgan fingerprint density at radius 3 is 2.71 bits per heavy atom. The van der Waals surface area contributed by atoms with Gasteiger partial charge in [0.2, 0.25) is 0 Å². The van der Waals surface area contributed by atoms with Gasteiger partial charge in [-0.2, -0.15) is 0 Å². The number of carbonyl (C=O) groups is 1. The monoisotopic (exact) mass is 298 g/mol. The topological polar surface area (TPSA) is 99.6 Å². The van der Waals surface area contributed by atoms with E-state index in [9.17, 15) is 14.4 Å². The number of nitrogens with zero attached hydrogens (tertiary/aromatic N) is 1. The molecule has 2 heterocycles. The molecule has 0 unspecified atom stereocenters. The largest absolute Gasteiger partial charge is 0.467 e. The number of hydrogen-bond acceptors (Lipinski definition) is 6. The Morgan fingerprint density at radius 1 is 1.48 bits per heavy atom. The molecule has 1 aromatic rings. The Labute approximate surface area is 120 Å². The number of nitrogens with one attached hydrogen (secondary N) is 1. The summed E-state index contributed by atoms with van der Waals surface area (Å²) in [6.45, 7) is 3.13. The van der Waals surface area contributed by atoms with Crippen molar-refractivity contribution in [2.75, 3.05) is 14.2 Å². The van der Waals surface area contributed by atoms with E-state index < -0.39 is 35.2 Å². The second-order valence-corrected chi connectivity index (χ2v) is 5.11. The van der Waals surface area contributed by atoms with Gasteiger partial charge in [-0.25, -0.2) is 9.59 Å². The molecule has 1 fully saturated rings. The van der Waals surface area contributed by atoms with Crippen LogP contribution >= 0.6 is 0 Å². The normalized spacial score (nSPS) is 28.6. The Morgan fingerprint density at radius 2 is 2.14 bits per heavy atom. The molecule has 0 amide bonds. The maximum atomic E-state index is 11.9. The molecule has 0 bridgehead atoms. The maximum Gasteiger partial charge on any atom is 0.340 e. The van der Waals surface area contributed by atoms with Crippen LogP contribution in [0.2, 0.25) is 0 Å². The molecule has 116 valence electrons. The number of methoxy groups -OCH3 is 2. The van der Waals surface area contributed by atoms with Crippen LogP contribution in [0.3, 0.4) is 0 Å². The van der Waals surface area contributed by atoms with Crippen molar-refractivity contribution in [2.24, 2.45) is 0 Å². The summed E-state index contributed by atoms with van der Waals surface area (Å²) in [7, 11) is 2.71. The van der Waals surface area contributed by atoms with Gasteiger partial charge >= 0.3 is 11.7 Å². The first-order valence-corrected chi connectivity index (χ1v) is 6.44. The van der Waals surface area contributed by atoms with Gasteiger partial charge in [0.15, 0.2) is 5.60 Å². The van der Waals surface area contributed by atoms with Gasteiger partial charge in [0, 0.05) is 25.3 Å². The van der Waals surface area contributed by atoms with Gasteiger partial charge in [-0.3, -0.25) is 14.3 Å². The van der Waals surface area contributed by atoms with Crippen molar-refractivity contribution in [3.05, 3.63) is 32.6 Å². The SMILES string of the molecule is COC(=O)[C@@]1(C)O[C@@H](n2cc(C)c(=O)[nH]c2=O)C[C@H]1OC. The number of H-pyrrole nitrogens is 1. The van der Waals surface area contributed by atoms with E-state index in [1.54, 1.807) is 13.8 Å². The highest BCUT2D eigenvalue weighted by atomic mass is 16.6. The van der Waals surface area contributed by atoms with Crippen molar-refractivity contribution in [1.29, 1.82) is 0 Å². The summed E-state index contributed by atoms with van der Waals surface area (Å²) in [5, 5.41) is 0. The number of rotatable bonds is 3. The first-order valence-electron chi connectivity index (χ1n) is 6.44. The number of aromatic amines is 1. The maximum absolute atomic E-state index is 11.9. The lowest BCUT2D eigenvalue weighted by Crippen LogP contribution is -2.46. The van der Waals surface area contributed by atoms with Gasteiger partial charge < -0.3 is 14.2 Å². The third-order valence-electron chi connectivity index (χ3n) is 3.74. The molecule has 1 aliphatic rings. The Hall–Kier alpha value is -1.93. The van der Waals surface area contributed by atoms with E-state index in [2.05, 4.69) is 4.98 Å². The van der Waals surface area contributed by atoms with Crippen LogP contribution in [0.1, 0.15) is 25.1 Å². The summed E-state index contributed by atoms with van der Waals surface area (Å²) in [5.74, 6) is -0.578. The van der Waals surface area contributed by atoms with Crippen LogP contribution in [-0.4, -0.2) is 41.4 Å². The molecule has 0 aliphatic carbocycles. The number of esters is 1. The number of aromatic nitrogens is 2. The van der Waals surface area contributed by atoms with Gasteiger partial charge in [0.05, 0.1) is 7.11 Å². The molecule has 1 saturated heterocycles. The van der Waals surface area contributed by atoms with Crippen LogP contribution in [0.15, 0.2) is 15.8 Å². The average Bonchev–Trinajstić information content (AvgIpc) is 2.80. The van der Waals surface area contributed by atoms with Gasteiger partial charge in [-0.05, 0) is 13.8 Å². The van der Waals surface area contributed by atoms with Crippen molar-refractivity contribution in [1.82, 2.24) is 9.55 Å². The zero-order valence-electron chi connectivity index (χ0n) is 12.3. The average molecular weight is 298 g/mol. The molecular weight excluding hydrogens is 280 g/mol.